The summed E-state index contributed by atoms with van der Waals surface area (Å²) in [6, 6.07) is 0. The molecule has 0 aliphatic heterocycles. The van der Waals surface area contributed by atoms with Gasteiger partial charge in [-0.25, -0.2) is 0 Å². The summed E-state index contributed by atoms with van der Waals surface area (Å²) in [5.41, 5.74) is 0. The second kappa shape index (κ2) is 15.2. The van der Waals surface area contributed by atoms with Crippen molar-refractivity contribution < 1.29 is 0 Å². The van der Waals surface area contributed by atoms with Crippen molar-refractivity contribution in [1.82, 2.24) is 0 Å². The highest BCUT2D eigenvalue weighted by Crippen LogP contribution is 2.09. The first kappa shape index (κ1) is 16.2. The Morgan fingerprint density at radius 3 is 0.923 bits per heavy atom. The molecule has 0 unspecified atom stereocenters. The van der Waals surface area contributed by atoms with Crippen LogP contribution in [0, 0.1) is 0 Å². The zero-order valence-electron chi connectivity index (χ0n) is 9.48. The van der Waals surface area contributed by atoms with Crippen molar-refractivity contribution in [2.75, 3.05) is 0 Å². The van der Waals surface area contributed by atoms with Crippen LogP contribution in [0.1, 0.15) is 78.1 Å². The SMILES string of the molecule is CCCCCCCCCCCC.I. The lowest BCUT2D eigenvalue weighted by atomic mass is 10.1. The van der Waals surface area contributed by atoms with Gasteiger partial charge in [0.25, 0.3) is 0 Å². The van der Waals surface area contributed by atoms with Crippen LogP contribution < -0.4 is 0 Å². The Morgan fingerprint density at radius 1 is 0.462 bits per heavy atom. The number of hydrogen-bond donors (Lipinski definition) is 0. The van der Waals surface area contributed by atoms with Crippen LogP contribution in [0.5, 0.6) is 0 Å². The Balaban J connectivity index is 0. The predicted octanol–water partition coefficient (Wildman–Crippen LogP) is 5.55. The molecule has 13 heavy (non-hydrogen) atoms. The largest absolute Gasteiger partial charge is 0.107 e. The minimum Gasteiger partial charge on any atom is -0.107 e. The lowest BCUT2D eigenvalue weighted by Crippen LogP contribution is -1.80. The summed E-state index contributed by atoms with van der Waals surface area (Å²) in [5, 5.41) is 0. The number of halogens is 1. The molecule has 0 fully saturated rings. The minimum atomic E-state index is 0. The van der Waals surface area contributed by atoms with Crippen molar-refractivity contribution >= 4 is 24.0 Å². The van der Waals surface area contributed by atoms with Crippen molar-refractivity contribution in [3.63, 3.8) is 0 Å². The van der Waals surface area contributed by atoms with Crippen molar-refractivity contribution in [1.29, 1.82) is 0 Å². The molecule has 82 valence electrons. The Hall–Kier alpha value is 0.730. The molecule has 0 amide bonds. The normalized spacial score (nSPS) is 9.69. The maximum atomic E-state index is 2.28. The first-order valence-corrected chi connectivity index (χ1v) is 5.91. The van der Waals surface area contributed by atoms with E-state index in [4.69, 9.17) is 0 Å². The summed E-state index contributed by atoms with van der Waals surface area (Å²) in [4.78, 5) is 0. The minimum absolute atomic E-state index is 0. The molecule has 0 nitrogen and oxygen atoms in total. The van der Waals surface area contributed by atoms with Gasteiger partial charge in [-0.2, -0.15) is 0 Å². The van der Waals surface area contributed by atoms with E-state index in [1.807, 2.05) is 0 Å². The van der Waals surface area contributed by atoms with Crippen molar-refractivity contribution in [3.8, 4) is 0 Å². The van der Waals surface area contributed by atoms with E-state index in [9.17, 15) is 0 Å². The third-order valence-electron chi connectivity index (χ3n) is 2.46. The topological polar surface area (TPSA) is 0 Å². The van der Waals surface area contributed by atoms with E-state index in [-0.39, 0.29) is 24.0 Å². The number of hydrogen-bond acceptors (Lipinski definition) is 0. The van der Waals surface area contributed by atoms with Crippen LogP contribution in [0.3, 0.4) is 0 Å². The third kappa shape index (κ3) is 15.5. The summed E-state index contributed by atoms with van der Waals surface area (Å²) in [6.45, 7) is 4.56. The average molecular weight is 298 g/mol. The first-order chi connectivity index (χ1) is 5.91. The maximum absolute atomic E-state index is 2.28. The smallest absolute Gasteiger partial charge is 0.0533 e. The van der Waals surface area contributed by atoms with Crippen LogP contribution in [0.25, 0.3) is 0 Å². The molecule has 0 radical (unpaired) electrons. The monoisotopic (exact) mass is 298 g/mol. The van der Waals surface area contributed by atoms with Crippen LogP contribution in [0.4, 0.5) is 0 Å². The standard InChI is InChI=1S/C12H26.HI/c1-3-5-7-9-11-12-10-8-6-4-2;/h3-12H2,1-2H3;1H. The molecule has 0 saturated carbocycles. The molecule has 0 atom stereocenters. The van der Waals surface area contributed by atoms with E-state index >= 15 is 0 Å². The molecule has 0 bridgehead atoms. The van der Waals surface area contributed by atoms with Crippen LogP contribution in [-0.2, 0) is 0 Å². The molecule has 0 spiro atoms. The molecule has 0 N–H and O–H groups in total. The summed E-state index contributed by atoms with van der Waals surface area (Å²) in [7, 11) is 0. The lowest BCUT2D eigenvalue weighted by Gasteiger charge is -1.99. The van der Waals surface area contributed by atoms with Gasteiger partial charge in [0.05, 0.1) is 0 Å². The quantitative estimate of drug-likeness (QED) is 0.387. The molecule has 0 aromatic heterocycles. The highest BCUT2D eigenvalue weighted by atomic mass is 127. The maximum Gasteiger partial charge on any atom is -0.0533 e. The van der Waals surface area contributed by atoms with E-state index in [0.717, 1.165) is 0 Å². The summed E-state index contributed by atoms with van der Waals surface area (Å²) in [6.07, 6.45) is 14.4. The Kier molecular flexibility index (Phi) is 18.9. The Labute approximate surface area is 102 Å². The van der Waals surface area contributed by atoms with Gasteiger partial charge in [-0.1, -0.05) is 78.1 Å². The third-order valence-corrected chi connectivity index (χ3v) is 2.46. The molecule has 0 aromatic rings. The van der Waals surface area contributed by atoms with Gasteiger partial charge in [-0.15, -0.1) is 24.0 Å². The van der Waals surface area contributed by atoms with Gasteiger partial charge in [0.15, 0.2) is 0 Å². The second-order valence-corrected chi connectivity index (χ2v) is 3.83. The highest BCUT2D eigenvalue weighted by molar-refractivity contribution is 14.0. The van der Waals surface area contributed by atoms with Gasteiger partial charge < -0.3 is 0 Å². The summed E-state index contributed by atoms with van der Waals surface area (Å²) < 4.78 is 0. The van der Waals surface area contributed by atoms with Crippen LogP contribution >= 0.6 is 24.0 Å². The fourth-order valence-electron chi connectivity index (χ4n) is 1.56. The zero-order chi connectivity index (χ0) is 9.07. The fraction of sp³-hybridized carbons (Fsp3) is 1.00. The van der Waals surface area contributed by atoms with Gasteiger partial charge in [0.2, 0.25) is 0 Å². The second-order valence-electron chi connectivity index (χ2n) is 3.83. The molecule has 0 aliphatic carbocycles. The van der Waals surface area contributed by atoms with E-state index < -0.39 is 0 Å². The molecular formula is C12H27I. The van der Waals surface area contributed by atoms with Crippen LogP contribution in [0.15, 0.2) is 0 Å². The van der Waals surface area contributed by atoms with Crippen molar-refractivity contribution in [3.05, 3.63) is 0 Å². The zero-order valence-corrected chi connectivity index (χ0v) is 11.8. The lowest BCUT2D eigenvalue weighted by molar-refractivity contribution is 0.562. The molecule has 0 heterocycles. The predicted molar refractivity (Wildman–Crippen MR) is 72.9 cm³/mol. The van der Waals surface area contributed by atoms with Gasteiger partial charge in [-0.3, -0.25) is 0 Å². The highest BCUT2D eigenvalue weighted by Gasteiger charge is 1.90. The molecule has 1 heteroatoms. The summed E-state index contributed by atoms with van der Waals surface area (Å²) >= 11 is 0. The van der Waals surface area contributed by atoms with Crippen molar-refractivity contribution in [2.45, 2.75) is 78.1 Å². The van der Waals surface area contributed by atoms with Crippen molar-refractivity contribution in [2.24, 2.45) is 0 Å². The van der Waals surface area contributed by atoms with Gasteiger partial charge in [0, 0.05) is 0 Å². The fourth-order valence-corrected chi connectivity index (χ4v) is 1.56. The molecule has 0 rings (SSSR count). The van der Waals surface area contributed by atoms with E-state index in [0.29, 0.717) is 0 Å². The molecular weight excluding hydrogens is 271 g/mol. The van der Waals surface area contributed by atoms with Gasteiger partial charge in [-0.05, 0) is 0 Å². The summed E-state index contributed by atoms with van der Waals surface area (Å²) in [5.74, 6) is 0. The number of unbranched alkanes of at least 4 members (excludes halogenated alkanes) is 9. The number of rotatable bonds is 9. The molecule has 0 saturated heterocycles. The van der Waals surface area contributed by atoms with Crippen LogP contribution in [0.2, 0.25) is 0 Å². The Bertz CT molecular complexity index is 61.5. The van der Waals surface area contributed by atoms with E-state index in [1.165, 1.54) is 64.2 Å². The van der Waals surface area contributed by atoms with Gasteiger partial charge >= 0.3 is 0 Å². The van der Waals surface area contributed by atoms with Crippen LogP contribution in [-0.4, -0.2) is 0 Å². The molecule has 0 aromatic carbocycles. The van der Waals surface area contributed by atoms with E-state index in [2.05, 4.69) is 13.8 Å². The Morgan fingerprint density at radius 2 is 0.692 bits per heavy atom. The van der Waals surface area contributed by atoms with Gasteiger partial charge in [0.1, 0.15) is 0 Å². The first-order valence-electron chi connectivity index (χ1n) is 5.91. The average Bonchev–Trinajstić information content (AvgIpc) is 2.10. The van der Waals surface area contributed by atoms with E-state index in [1.54, 1.807) is 0 Å². The molecule has 0 aliphatic rings.